The molecule has 3 heterocycles. The monoisotopic (exact) mass is 461 g/mol. The van der Waals surface area contributed by atoms with Crippen LogP contribution in [0.3, 0.4) is 0 Å². The molecule has 3 aliphatic rings. The van der Waals surface area contributed by atoms with E-state index in [1.807, 2.05) is 6.92 Å². The van der Waals surface area contributed by atoms with Crippen LogP contribution < -0.4 is 5.32 Å². The molecule has 0 bridgehead atoms. The molecule has 11 heteroatoms. The summed E-state index contributed by atoms with van der Waals surface area (Å²) in [5.41, 5.74) is 0.670. The number of ether oxygens (including phenoxy) is 1. The molecule has 10 nitrogen and oxygen atoms in total. The summed E-state index contributed by atoms with van der Waals surface area (Å²) >= 11 is 1.40. The molecule has 0 aliphatic carbocycles. The van der Waals surface area contributed by atoms with Crippen molar-refractivity contribution in [2.75, 3.05) is 6.54 Å². The molecule has 2 N–H and O–H groups in total. The number of nitrogens with one attached hydrogen (secondary N) is 1. The number of carbonyl (C=O) groups excluding carboxylic acids is 3. The summed E-state index contributed by atoms with van der Waals surface area (Å²) in [5.74, 6) is -1.83. The van der Waals surface area contributed by atoms with Crippen LogP contribution in [0.25, 0.3) is 0 Å². The lowest BCUT2D eigenvalue weighted by Crippen LogP contribution is -2.63. The molecule has 4 rings (SSSR count). The van der Waals surface area contributed by atoms with Gasteiger partial charge < -0.3 is 20.1 Å². The summed E-state index contributed by atoms with van der Waals surface area (Å²) < 4.78 is 5.45. The van der Waals surface area contributed by atoms with E-state index in [-0.39, 0.29) is 47.0 Å². The standard InChI is InChI=1S/C21H23N3O7S/c1-10-17-16(11(2)25)20(27)23(17)18(19(10)32-14-7-15(26)22-8-14)21(28)31-9-12-3-5-13(6-4-12)24(29)30/h3-6,10-11,14,16-17,25H,7-9H2,1-2H3,(H,22,26)/t10-,11-,14+,16-,17-/m1/s1. The Morgan fingerprint density at radius 1 is 1.38 bits per heavy atom. The first kappa shape index (κ1) is 22.3. The first-order chi connectivity index (χ1) is 15.2. The molecule has 1 aromatic carbocycles. The van der Waals surface area contributed by atoms with Crippen molar-refractivity contribution in [3.63, 3.8) is 0 Å². The maximum atomic E-state index is 13.1. The van der Waals surface area contributed by atoms with Gasteiger partial charge in [-0.2, -0.15) is 0 Å². The van der Waals surface area contributed by atoms with E-state index in [0.717, 1.165) is 0 Å². The number of amides is 2. The molecule has 2 amide bonds. The summed E-state index contributed by atoms with van der Waals surface area (Å²) in [6.07, 6.45) is -0.521. The van der Waals surface area contributed by atoms with Crippen molar-refractivity contribution >= 4 is 35.2 Å². The highest BCUT2D eigenvalue weighted by Crippen LogP contribution is 2.52. The van der Waals surface area contributed by atoms with Gasteiger partial charge >= 0.3 is 5.97 Å². The van der Waals surface area contributed by atoms with Gasteiger partial charge in [0.2, 0.25) is 11.8 Å². The van der Waals surface area contributed by atoms with Gasteiger partial charge in [-0.25, -0.2) is 4.79 Å². The Morgan fingerprint density at radius 2 is 2.06 bits per heavy atom. The number of nitro groups is 1. The van der Waals surface area contributed by atoms with Gasteiger partial charge in [-0.3, -0.25) is 19.7 Å². The number of nitro benzene ring substituents is 1. The maximum absolute atomic E-state index is 13.1. The summed E-state index contributed by atoms with van der Waals surface area (Å²) in [5, 5.41) is 23.6. The number of β-lactam (4-membered cyclic amide) rings is 1. The molecule has 1 aromatic rings. The van der Waals surface area contributed by atoms with Gasteiger partial charge in [-0.15, -0.1) is 11.8 Å². The van der Waals surface area contributed by atoms with E-state index in [9.17, 15) is 29.6 Å². The van der Waals surface area contributed by atoms with Crippen molar-refractivity contribution in [1.82, 2.24) is 10.2 Å². The minimum atomic E-state index is -0.845. The first-order valence-electron chi connectivity index (χ1n) is 10.3. The van der Waals surface area contributed by atoms with Gasteiger partial charge in [0, 0.05) is 41.2 Å². The second-order valence-corrected chi connectivity index (χ2v) is 9.56. The van der Waals surface area contributed by atoms with Crippen molar-refractivity contribution in [2.24, 2.45) is 11.8 Å². The Hall–Kier alpha value is -2.92. The SMILES string of the molecule is C[C@@H](O)[C@H]1C(=O)N2C(C(=O)OCc3ccc([N+](=O)[O-])cc3)=C(S[C@@H]3CNC(=O)C3)[C@H](C)[C@H]12. The average Bonchev–Trinajstić information content (AvgIpc) is 3.26. The van der Waals surface area contributed by atoms with Gasteiger partial charge in [0.05, 0.1) is 23.0 Å². The van der Waals surface area contributed by atoms with Crippen molar-refractivity contribution < 1.29 is 29.2 Å². The predicted octanol–water partition coefficient (Wildman–Crippen LogP) is 1.33. The number of hydrogen-bond acceptors (Lipinski definition) is 8. The summed E-state index contributed by atoms with van der Waals surface area (Å²) in [6, 6.07) is 5.33. The lowest BCUT2D eigenvalue weighted by molar-refractivity contribution is -0.384. The number of nitrogens with zero attached hydrogens (tertiary/aromatic N) is 2. The van der Waals surface area contributed by atoms with E-state index in [4.69, 9.17) is 4.74 Å². The molecule has 0 saturated carbocycles. The van der Waals surface area contributed by atoms with Crippen LogP contribution in [0, 0.1) is 22.0 Å². The average molecular weight is 461 g/mol. The Balaban J connectivity index is 1.55. The Morgan fingerprint density at radius 3 is 2.62 bits per heavy atom. The number of esters is 1. The van der Waals surface area contributed by atoms with Crippen LogP contribution >= 0.6 is 11.8 Å². The van der Waals surface area contributed by atoms with Crippen LogP contribution in [0.15, 0.2) is 34.9 Å². The van der Waals surface area contributed by atoms with Crippen molar-refractivity contribution in [2.45, 2.75) is 44.3 Å². The lowest BCUT2D eigenvalue weighted by Gasteiger charge is -2.46. The molecule has 2 saturated heterocycles. The molecular weight excluding hydrogens is 438 g/mol. The molecule has 32 heavy (non-hydrogen) atoms. The van der Waals surface area contributed by atoms with Crippen LogP contribution in [-0.2, 0) is 25.7 Å². The molecule has 0 spiro atoms. The summed E-state index contributed by atoms with van der Waals surface area (Å²) in [4.78, 5) is 49.8. The maximum Gasteiger partial charge on any atom is 0.356 e. The second-order valence-electron chi connectivity index (χ2n) is 8.21. The highest BCUT2D eigenvalue weighted by Gasteiger charge is 2.60. The lowest BCUT2D eigenvalue weighted by atomic mass is 9.79. The van der Waals surface area contributed by atoms with Gasteiger partial charge in [0.15, 0.2) is 0 Å². The van der Waals surface area contributed by atoms with Gasteiger partial charge in [-0.05, 0) is 24.6 Å². The first-order valence-corrected chi connectivity index (χ1v) is 11.2. The largest absolute Gasteiger partial charge is 0.456 e. The van der Waals surface area contributed by atoms with Crippen LogP contribution in [0.4, 0.5) is 5.69 Å². The van der Waals surface area contributed by atoms with E-state index >= 15 is 0 Å². The van der Waals surface area contributed by atoms with E-state index in [1.165, 1.54) is 40.9 Å². The third-order valence-electron chi connectivity index (χ3n) is 6.05. The van der Waals surface area contributed by atoms with Crippen molar-refractivity contribution in [3.8, 4) is 0 Å². The molecule has 170 valence electrons. The Bertz CT molecular complexity index is 1010. The third-order valence-corrected chi connectivity index (χ3v) is 7.54. The fourth-order valence-electron chi connectivity index (χ4n) is 4.44. The van der Waals surface area contributed by atoms with Gasteiger partial charge in [0.25, 0.3) is 5.69 Å². The van der Waals surface area contributed by atoms with Gasteiger partial charge in [0.1, 0.15) is 12.3 Å². The number of carbonyl (C=O) groups is 3. The molecule has 2 fully saturated rings. The van der Waals surface area contributed by atoms with Gasteiger partial charge in [-0.1, -0.05) is 6.92 Å². The van der Waals surface area contributed by atoms with Crippen LogP contribution in [-0.4, -0.2) is 56.7 Å². The smallest absolute Gasteiger partial charge is 0.356 e. The van der Waals surface area contributed by atoms with Crippen LogP contribution in [0.5, 0.6) is 0 Å². The number of rotatable bonds is 7. The summed E-state index contributed by atoms with van der Waals surface area (Å²) in [7, 11) is 0. The zero-order valence-electron chi connectivity index (χ0n) is 17.5. The normalized spacial score (nSPS) is 27.7. The minimum absolute atomic E-state index is 0.0581. The molecule has 3 aliphatic heterocycles. The van der Waals surface area contributed by atoms with E-state index in [2.05, 4.69) is 5.32 Å². The Kier molecular flexibility index (Phi) is 5.95. The van der Waals surface area contributed by atoms with E-state index in [1.54, 1.807) is 6.92 Å². The fourth-order valence-corrected chi connectivity index (χ4v) is 5.85. The number of benzene rings is 1. The molecular formula is C21H23N3O7S. The summed E-state index contributed by atoms with van der Waals surface area (Å²) in [6.45, 7) is 3.83. The number of non-ortho nitro benzene ring substituents is 1. The molecule has 0 aromatic heterocycles. The van der Waals surface area contributed by atoms with Crippen LogP contribution in [0.1, 0.15) is 25.8 Å². The second kappa shape index (κ2) is 8.55. The number of fused-ring (bicyclic) bond motifs is 1. The van der Waals surface area contributed by atoms with Crippen molar-refractivity contribution in [3.05, 3.63) is 50.5 Å². The number of aliphatic hydroxyl groups is 1. The zero-order valence-corrected chi connectivity index (χ0v) is 18.3. The number of thioether (sulfide) groups is 1. The Labute approximate surface area is 188 Å². The predicted molar refractivity (Wildman–Crippen MR) is 114 cm³/mol. The molecule has 0 unspecified atom stereocenters. The number of hydrogen-bond donors (Lipinski definition) is 2. The highest BCUT2D eigenvalue weighted by molar-refractivity contribution is 8.03. The number of aliphatic hydroxyl groups excluding tert-OH is 1. The molecule has 0 radical (unpaired) electrons. The topological polar surface area (TPSA) is 139 Å². The highest BCUT2D eigenvalue weighted by atomic mass is 32.2. The minimum Gasteiger partial charge on any atom is -0.456 e. The third kappa shape index (κ3) is 3.86. The fraction of sp³-hybridized carbons (Fsp3) is 0.476. The van der Waals surface area contributed by atoms with E-state index in [0.29, 0.717) is 23.4 Å². The molecule has 5 atom stereocenters. The zero-order chi connectivity index (χ0) is 23.2. The quantitative estimate of drug-likeness (QED) is 0.268. The van der Waals surface area contributed by atoms with E-state index < -0.39 is 22.9 Å². The van der Waals surface area contributed by atoms with Crippen molar-refractivity contribution in [1.29, 1.82) is 0 Å². The van der Waals surface area contributed by atoms with Crippen LogP contribution in [0.2, 0.25) is 0 Å².